The highest BCUT2D eigenvalue weighted by molar-refractivity contribution is 5.02. The summed E-state index contributed by atoms with van der Waals surface area (Å²) in [7, 11) is 1.03. The standard InChI is InChI=1S/C49H84O40/c1-74-12(2-50)36-20(59)11(58)10-75-35-13(3-51)76-43(28(67)21(35)60)84-37-15(5-53)78-45(30(69)23(37)62)86-39-17(7-55)80-47(32(71)25(39)64)88-41-19(9-57)82-49(34(73)27(41)66)89-42-18(8-56)81-48(33(72)26(42)65)87-40-16(6-54)79-46(31(70)24(40)63)85-38-14(4-52)77-44(83-36)29(68)22(38)61/h11-73H,2-10H2,1H3. The van der Waals surface area contributed by atoms with E-state index in [1.807, 2.05) is 0 Å². The number of hydrogen-bond donors (Lipinski definition) is 24. The quantitative estimate of drug-likeness (QED) is 0.0966. The fourth-order valence-corrected chi connectivity index (χ4v) is 11.7. The van der Waals surface area contributed by atoms with Gasteiger partial charge in [-0.3, -0.25) is 0 Å². The molecule has 0 saturated carbocycles. The minimum absolute atomic E-state index is 0.980. The molecule has 40 heteroatoms. The van der Waals surface area contributed by atoms with Crippen molar-refractivity contribution in [3.8, 4) is 0 Å². The summed E-state index contributed by atoms with van der Waals surface area (Å²) in [5, 5.41) is 265. The highest BCUT2D eigenvalue weighted by Crippen LogP contribution is 2.39. The second-order valence-corrected chi connectivity index (χ2v) is 22.5. The zero-order chi connectivity index (χ0) is 65.2. The minimum atomic E-state index is -2.27. The predicted molar refractivity (Wildman–Crippen MR) is 268 cm³/mol. The van der Waals surface area contributed by atoms with Gasteiger partial charge in [0.1, 0.15) is 195 Å². The lowest BCUT2D eigenvalue weighted by atomic mass is 9.95. The molecule has 0 aromatic rings. The van der Waals surface area contributed by atoms with Gasteiger partial charge >= 0.3 is 0 Å². The lowest BCUT2D eigenvalue weighted by molar-refractivity contribution is -0.399. The Balaban J connectivity index is 1.06. The summed E-state index contributed by atoms with van der Waals surface area (Å²) in [6, 6.07) is 0. The molecule has 39 unspecified atom stereocenters. The third-order valence-corrected chi connectivity index (χ3v) is 16.8. The SMILES string of the molecule is COC(CO)C1OC2OC(CO)C(OC3OC(CO)C(OC4OC(CO)C(OC5OC(CO)C(OC6OC(CO)C(OC7OC(CO)C(OC8OC(CO)C(OCC(O)C1O)C(O)C8O)C(O)C7O)C(O)C6O)C(O)C5O)C(O)C4O)C(O)C3O)C(O)C2O. The zero-order valence-electron chi connectivity index (χ0n) is 47.1. The molecule has 18 fully saturated rings. The maximum absolute atomic E-state index is 11.5. The number of methoxy groups -OCH3 is 1. The Bertz CT molecular complexity index is 2100. The first kappa shape index (κ1) is 73.2. The van der Waals surface area contributed by atoms with Crippen molar-refractivity contribution < 1.29 is 198 Å². The van der Waals surface area contributed by atoms with Crippen molar-refractivity contribution in [1.82, 2.24) is 0 Å². The van der Waals surface area contributed by atoms with Crippen LogP contribution in [0.1, 0.15) is 0 Å². The van der Waals surface area contributed by atoms with Crippen LogP contribution in [0, 0.1) is 0 Å². The van der Waals surface area contributed by atoms with Crippen LogP contribution in [0.2, 0.25) is 0 Å². The van der Waals surface area contributed by atoms with Gasteiger partial charge in [-0.25, -0.2) is 0 Å². The molecule has 520 valence electrons. The van der Waals surface area contributed by atoms with Crippen molar-refractivity contribution in [1.29, 1.82) is 0 Å². The molecule has 18 aliphatic heterocycles. The predicted octanol–water partition coefficient (Wildman–Crippen LogP) is -17.1. The van der Waals surface area contributed by atoms with Gasteiger partial charge in [0.2, 0.25) is 0 Å². The molecular weight excluding hydrogens is 1230 g/mol. The van der Waals surface area contributed by atoms with Crippen LogP contribution in [0.25, 0.3) is 0 Å². The monoisotopic (exact) mass is 1310 g/mol. The Hall–Kier alpha value is -1.60. The minimum Gasteiger partial charge on any atom is -0.394 e. The summed E-state index contributed by atoms with van der Waals surface area (Å²) in [4.78, 5) is 0. The molecule has 39 atom stereocenters. The van der Waals surface area contributed by atoms with Gasteiger partial charge in [0.25, 0.3) is 0 Å². The Morgan fingerprint density at radius 2 is 0.472 bits per heavy atom. The van der Waals surface area contributed by atoms with Crippen LogP contribution in [0.15, 0.2) is 0 Å². The lowest BCUT2D eigenvalue weighted by Crippen LogP contribution is -2.68. The molecule has 0 aliphatic carbocycles. The molecule has 24 N–H and O–H groups in total. The van der Waals surface area contributed by atoms with E-state index in [-0.39, 0.29) is 0 Å². The van der Waals surface area contributed by atoms with E-state index in [4.69, 9.17) is 75.8 Å². The van der Waals surface area contributed by atoms with Crippen LogP contribution in [-0.4, -0.2) is 428 Å². The fourth-order valence-electron chi connectivity index (χ4n) is 11.7. The molecular formula is C49H84O40. The van der Waals surface area contributed by atoms with Crippen LogP contribution in [0.5, 0.6) is 0 Å². The summed E-state index contributed by atoms with van der Waals surface area (Å²) in [5.74, 6) is 0. The van der Waals surface area contributed by atoms with Gasteiger partial charge in [-0.1, -0.05) is 0 Å². The molecule has 18 aliphatic rings. The van der Waals surface area contributed by atoms with Gasteiger partial charge in [0.05, 0.1) is 59.5 Å². The normalized spacial score (nSPS) is 53.1. The highest BCUT2D eigenvalue weighted by atomic mass is 16.8. The van der Waals surface area contributed by atoms with E-state index in [0.29, 0.717) is 0 Å². The molecule has 40 nitrogen and oxygen atoms in total. The van der Waals surface area contributed by atoms with E-state index in [1.54, 1.807) is 0 Å². The molecule has 18 saturated heterocycles. The Kier molecular flexibility index (Phi) is 26.3. The molecule has 0 amide bonds. The van der Waals surface area contributed by atoms with E-state index in [0.717, 1.165) is 7.11 Å². The zero-order valence-corrected chi connectivity index (χ0v) is 47.1. The maximum Gasteiger partial charge on any atom is 0.187 e. The molecule has 0 spiro atoms. The second kappa shape index (κ2) is 32.0. The van der Waals surface area contributed by atoms with Crippen LogP contribution < -0.4 is 0 Å². The van der Waals surface area contributed by atoms with Gasteiger partial charge in [0, 0.05) is 7.11 Å². The van der Waals surface area contributed by atoms with Crippen molar-refractivity contribution in [3.05, 3.63) is 0 Å². The third-order valence-electron chi connectivity index (χ3n) is 16.8. The van der Waals surface area contributed by atoms with E-state index < -0.39 is 299 Å². The Morgan fingerprint density at radius 1 is 0.270 bits per heavy atom. The van der Waals surface area contributed by atoms with Crippen LogP contribution in [-0.2, 0) is 75.8 Å². The van der Waals surface area contributed by atoms with Gasteiger partial charge in [-0.2, -0.15) is 0 Å². The fraction of sp³-hybridized carbons (Fsp3) is 1.00. The van der Waals surface area contributed by atoms with Crippen molar-refractivity contribution in [2.24, 2.45) is 0 Å². The van der Waals surface area contributed by atoms with Gasteiger partial charge in [-0.05, 0) is 0 Å². The maximum atomic E-state index is 11.5. The Morgan fingerprint density at radius 3 is 0.674 bits per heavy atom. The first-order valence-corrected chi connectivity index (χ1v) is 28.4. The number of aliphatic hydroxyl groups is 24. The molecule has 0 aromatic heterocycles. The smallest absolute Gasteiger partial charge is 0.187 e. The third kappa shape index (κ3) is 15.2. The highest BCUT2D eigenvalue weighted by Gasteiger charge is 2.59. The van der Waals surface area contributed by atoms with Crippen molar-refractivity contribution in [3.63, 3.8) is 0 Å². The topological polar surface area (TPSA) is 633 Å². The number of hydrogen-bond acceptors (Lipinski definition) is 40. The average molecular weight is 1310 g/mol. The van der Waals surface area contributed by atoms with Gasteiger partial charge in [-0.15, -0.1) is 0 Å². The number of aliphatic hydroxyl groups excluding tert-OH is 24. The van der Waals surface area contributed by atoms with Crippen molar-refractivity contribution in [2.75, 3.05) is 66.6 Å². The van der Waals surface area contributed by atoms with Gasteiger partial charge in [0.15, 0.2) is 44.0 Å². The molecule has 14 bridgehead atoms. The van der Waals surface area contributed by atoms with Crippen LogP contribution in [0.3, 0.4) is 0 Å². The van der Waals surface area contributed by atoms with Crippen LogP contribution >= 0.6 is 0 Å². The summed E-state index contributed by atoms with van der Waals surface area (Å²) >= 11 is 0. The number of rotatable bonds is 10. The molecule has 0 aromatic carbocycles. The second-order valence-electron chi connectivity index (χ2n) is 22.5. The first-order valence-electron chi connectivity index (χ1n) is 28.4. The number of fused-ring (bicyclic) bond motifs is 1. The number of ether oxygens (including phenoxy) is 16. The molecule has 18 heterocycles. The average Bonchev–Trinajstić information content (AvgIpc) is 1.96. The van der Waals surface area contributed by atoms with Crippen molar-refractivity contribution >= 4 is 0 Å². The van der Waals surface area contributed by atoms with E-state index in [2.05, 4.69) is 0 Å². The van der Waals surface area contributed by atoms with Crippen molar-refractivity contribution in [2.45, 2.75) is 239 Å². The molecule has 89 heavy (non-hydrogen) atoms. The summed E-state index contributed by atoms with van der Waals surface area (Å²) in [6.45, 7) is -9.54. The van der Waals surface area contributed by atoms with Gasteiger partial charge < -0.3 is 198 Å². The molecule has 18 rings (SSSR count). The largest absolute Gasteiger partial charge is 0.394 e. The molecule has 0 radical (unpaired) electrons. The Labute approximate surface area is 503 Å². The van der Waals surface area contributed by atoms with E-state index in [9.17, 15) is 123 Å². The van der Waals surface area contributed by atoms with Crippen LogP contribution in [0.4, 0.5) is 0 Å². The summed E-state index contributed by atoms with van der Waals surface area (Å²) < 4.78 is 90.6. The summed E-state index contributed by atoms with van der Waals surface area (Å²) in [5.41, 5.74) is 0. The van der Waals surface area contributed by atoms with E-state index >= 15 is 0 Å². The first-order chi connectivity index (χ1) is 42.4. The lowest BCUT2D eigenvalue weighted by Gasteiger charge is -2.50. The van der Waals surface area contributed by atoms with E-state index in [1.165, 1.54) is 0 Å². The summed E-state index contributed by atoms with van der Waals surface area (Å²) in [6.07, 6.45) is -79.4.